The minimum absolute atomic E-state index is 0.0336. The fourth-order valence-electron chi connectivity index (χ4n) is 6.87. The van der Waals surface area contributed by atoms with Gasteiger partial charge < -0.3 is 0 Å². The normalized spacial score (nSPS) is 24.4. The molecular weight excluding hydrogens is 733 g/mol. The van der Waals surface area contributed by atoms with E-state index in [-0.39, 0.29) is 23.6 Å². The van der Waals surface area contributed by atoms with Crippen molar-refractivity contribution in [3.05, 3.63) is 35.4 Å². The van der Waals surface area contributed by atoms with Crippen molar-refractivity contribution in [1.29, 1.82) is 0 Å². The Labute approximate surface area is 274 Å². The molecule has 0 bridgehead atoms. The summed E-state index contributed by atoms with van der Waals surface area (Å²) < 4.78 is 260. The van der Waals surface area contributed by atoms with Gasteiger partial charge in [-0.15, -0.1) is 0 Å². The van der Waals surface area contributed by atoms with Gasteiger partial charge in [0.25, 0.3) is 0 Å². The molecule has 0 N–H and O–H groups in total. The maximum Gasteiger partial charge on any atom is 0.460 e. The van der Waals surface area contributed by atoms with E-state index in [9.17, 15) is 83.4 Å². The van der Waals surface area contributed by atoms with Crippen LogP contribution in [0.5, 0.6) is 0 Å². The molecule has 290 valence electrons. The van der Waals surface area contributed by atoms with Gasteiger partial charge in [-0.25, -0.2) is 0 Å². The second-order valence-electron chi connectivity index (χ2n) is 13.2. The van der Waals surface area contributed by atoms with E-state index >= 15 is 0 Å². The van der Waals surface area contributed by atoms with Gasteiger partial charge in [0.05, 0.1) is 0 Å². The highest BCUT2D eigenvalue weighted by Crippen LogP contribution is 2.66. The van der Waals surface area contributed by atoms with Crippen LogP contribution in [0.15, 0.2) is 24.3 Å². The lowest BCUT2D eigenvalue weighted by Crippen LogP contribution is -2.75. The molecule has 1 aromatic rings. The van der Waals surface area contributed by atoms with Crippen LogP contribution < -0.4 is 0 Å². The first-order chi connectivity index (χ1) is 22.5. The van der Waals surface area contributed by atoms with Crippen LogP contribution in [0.1, 0.15) is 94.6 Å². The molecule has 0 atom stereocenters. The zero-order chi connectivity index (χ0) is 38.6. The molecule has 19 heteroatoms. The standard InChI is InChI=1S/C31H33F19/c1-2-3-4-17-5-7-18(8-6-17)19-9-11-20(12-10-19)21-13-15-22(16-14-21)23(32,33)24(34,35)25(36,37)26(38,39)27(40,41)28(42,43)29(44,45)30(46,47)31(48,49)50/h13-20H,2-12H2,1H3. The molecule has 1 aromatic carbocycles. The van der Waals surface area contributed by atoms with Crippen LogP contribution in [0.4, 0.5) is 83.4 Å². The van der Waals surface area contributed by atoms with Crippen LogP contribution in [-0.4, -0.2) is 47.6 Å². The minimum Gasteiger partial charge on any atom is -0.194 e. The maximum atomic E-state index is 14.7. The van der Waals surface area contributed by atoms with Gasteiger partial charge in [-0.3, -0.25) is 0 Å². The Morgan fingerprint density at radius 2 is 0.820 bits per heavy atom. The zero-order valence-corrected chi connectivity index (χ0v) is 26.1. The first-order valence-electron chi connectivity index (χ1n) is 15.7. The number of hydrogen-bond acceptors (Lipinski definition) is 0. The molecule has 0 unspecified atom stereocenters. The Morgan fingerprint density at radius 3 is 1.20 bits per heavy atom. The number of rotatable bonds is 13. The highest BCUT2D eigenvalue weighted by molar-refractivity contribution is 5.31. The summed E-state index contributed by atoms with van der Waals surface area (Å²) in [4.78, 5) is 0. The van der Waals surface area contributed by atoms with Gasteiger partial charge in [0.15, 0.2) is 0 Å². The van der Waals surface area contributed by atoms with Crippen LogP contribution in [0.2, 0.25) is 0 Å². The molecule has 0 aromatic heterocycles. The molecule has 2 aliphatic carbocycles. The number of hydrogen-bond donors (Lipinski definition) is 0. The molecule has 0 amide bonds. The predicted octanol–water partition coefficient (Wildman–Crippen LogP) is 13.1. The predicted molar refractivity (Wildman–Crippen MR) is 141 cm³/mol. The van der Waals surface area contributed by atoms with E-state index < -0.39 is 59.1 Å². The highest BCUT2D eigenvalue weighted by Gasteiger charge is 2.96. The molecule has 0 radical (unpaired) electrons. The Hall–Kier alpha value is -2.11. The van der Waals surface area contributed by atoms with E-state index in [1.54, 1.807) is 0 Å². The van der Waals surface area contributed by atoms with E-state index in [1.165, 1.54) is 0 Å². The lowest BCUT2D eigenvalue weighted by molar-refractivity contribution is -0.469. The summed E-state index contributed by atoms with van der Waals surface area (Å²) in [5.74, 6) is -65.5. The number of benzene rings is 1. The van der Waals surface area contributed by atoms with Crippen LogP contribution in [0.25, 0.3) is 0 Å². The quantitative estimate of drug-likeness (QED) is 0.175. The summed E-state index contributed by atoms with van der Waals surface area (Å²) in [7, 11) is 0. The summed E-state index contributed by atoms with van der Waals surface area (Å²) in [6, 6.07) is 1.52. The lowest BCUT2D eigenvalue weighted by Gasteiger charge is -2.43. The molecule has 0 aliphatic heterocycles. The summed E-state index contributed by atoms with van der Waals surface area (Å²) in [5.41, 5.74) is -2.04. The van der Waals surface area contributed by atoms with E-state index in [2.05, 4.69) is 6.92 Å². The summed E-state index contributed by atoms with van der Waals surface area (Å²) in [5, 5.41) is 0. The maximum absolute atomic E-state index is 14.7. The number of alkyl halides is 19. The average molecular weight is 767 g/mol. The van der Waals surface area contributed by atoms with E-state index in [0.717, 1.165) is 57.1 Å². The summed E-state index contributed by atoms with van der Waals surface area (Å²) in [6.45, 7) is 2.11. The molecule has 50 heavy (non-hydrogen) atoms. The van der Waals surface area contributed by atoms with Gasteiger partial charge in [0.2, 0.25) is 0 Å². The van der Waals surface area contributed by atoms with E-state index in [0.29, 0.717) is 43.4 Å². The molecule has 0 heterocycles. The molecule has 0 nitrogen and oxygen atoms in total. The molecular formula is C31H33F19. The molecule has 3 rings (SSSR count). The second-order valence-corrected chi connectivity index (χ2v) is 13.2. The van der Waals surface area contributed by atoms with E-state index in [1.807, 2.05) is 0 Å². The first-order valence-corrected chi connectivity index (χ1v) is 15.7. The van der Waals surface area contributed by atoms with Gasteiger partial charge in [-0.05, 0) is 67.8 Å². The van der Waals surface area contributed by atoms with Crippen molar-refractivity contribution < 1.29 is 83.4 Å². The van der Waals surface area contributed by atoms with Crippen molar-refractivity contribution in [2.75, 3.05) is 0 Å². The summed E-state index contributed by atoms with van der Waals surface area (Å²) in [6.07, 6.45) is 2.18. The van der Waals surface area contributed by atoms with Crippen molar-refractivity contribution in [2.24, 2.45) is 17.8 Å². The molecule has 2 saturated carbocycles. The topological polar surface area (TPSA) is 0 Å². The van der Waals surface area contributed by atoms with Gasteiger partial charge in [-0.2, -0.15) is 83.4 Å². The van der Waals surface area contributed by atoms with Crippen molar-refractivity contribution in [3.8, 4) is 0 Å². The van der Waals surface area contributed by atoms with Crippen LogP contribution in [0.3, 0.4) is 0 Å². The monoisotopic (exact) mass is 766 g/mol. The SMILES string of the molecule is CCCCC1CCC(C2CCC(c3ccc(C(F)(F)C(F)(F)C(F)(F)C(F)(F)C(F)(F)C(F)(F)C(F)(F)C(F)(F)C(F)(F)F)cc3)CC2)CC1. The first kappa shape index (κ1) is 42.3. The Morgan fingerprint density at radius 1 is 0.460 bits per heavy atom. The smallest absolute Gasteiger partial charge is 0.194 e. The molecule has 0 saturated heterocycles. The van der Waals surface area contributed by atoms with Gasteiger partial charge in [0, 0.05) is 5.56 Å². The fourth-order valence-corrected chi connectivity index (χ4v) is 6.87. The fraction of sp³-hybridized carbons (Fsp3) is 0.806. The van der Waals surface area contributed by atoms with Gasteiger partial charge >= 0.3 is 53.6 Å². The Bertz CT molecular complexity index is 1270. The average Bonchev–Trinajstić information content (AvgIpc) is 3.03. The third-order valence-corrected chi connectivity index (χ3v) is 10.2. The van der Waals surface area contributed by atoms with Crippen molar-refractivity contribution in [3.63, 3.8) is 0 Å². The molecule has 2 aliphatic rings. The highest BCUT2D eigenvalue weighted by atomic mass is 19.4. The van der Waals surface area contributed by atoms with Crippen molar-refractivity contribution in [1.82, 2.24) is 0 Å². The number of unbranched alkanes of at least 4 members (excludes halogenated alkanes) is 1. The number of halogens is 19. The van der Waals surface area contributed by atoms with Crippen molar-refractivity contribution in [2.45, 2.75) is 137 Å². The Kier molecular flexibility index (Phi) is 11.6. The lowest BCUT2D eigenvalue weighted by atomic mass is 9.68. The third kappa shape index (κ3) is 6.65. The minimum atomic E-state index is -8.92. The summed E-state index contributed by atoms with van der Waals surface area (Å²) >= 11 is 0. The van der Waals surface area contributed by atoms with Gasteiger partial charge in [-0.1, -0.05) is 63.3 Å². The van der Waals surface area contributed by atoms with Crippen LogP contribution in [-0.2, 0) is 5.92 Å². The largest absolute Gasteiger partial charge is 0.460 e. The van der Waals surface area contributed by atoms with Gasteiger partial charge in [0.1, 0.15) is 0 Å². The third-order valence-electron chi connectivity index (χ3n) is 10.2. The molecule has 2 fully saturated rings. The second kappa shape index (κ2) is 13.7. The molecule has 0 spiro atoms. The van der Waals surface area contributed by atoms with Crippen LogP contribution in [0, 0.1) is 17.8 Å². The van der Waals surface area contributed by atoms with E-state index in [4.69, 9.17) is 0 Å². The van der Waals surface area contributed by atoms with Crippen LogP contribution >= 0.6 is 0 Å². The zero-order valence-electron chi connectivity index (χ0n) is 26.1. The Balaban J connectivity index is 1.80. The van der Waals surface area contributed by atoms with Crippen molar-refractivity contribution >= 4 is 0 Å².